The van der Waals surface area contributed by atoms with E-state index in [9.17, 15) is 10.1 Å². The molecule has 0 spiro atoms. The van der Waals surface area contributed by atoms with Gasteiger partial charge in [-0.3, -0.25) is 0 Å². The second kappa shape index (κ2) is 9.44. The minimum absolute atomic E-state index is 0.0208. The maximum absolute atomic E-state index is 11.9. The monoisotopic (exact) mass is 365 g/mol. The van der Waals surface area contributed by atoms with Gasteiger partial charge in [0.05, 0.1) is 13.7 Å². The lowest BCUT2D eigenvalue weighted by Gasteiger charge is -2.13. The van der Waals surface area contributed by atoms with Crippen molar-refractivity contribution in [2.45, 2.75) is 27.4 Å². The Labute approximate surface area is 159 Å². The number of rotatable bonds is 7. The Bertz CT molecular complexity index is 876. The lowest BCUT2D eigenvalue weighted by molar-refractivity contribution is -0.137. The molecule has 0 atom stereocenters. The molecule has 140 valence electrons. The van der Waals surface area contributed by atoms with E-state index in [1.165, 1.54) is 0 Å². The zero-order chi connectivity index (χ0) is 19.8. The molecule has 0 bridgehead atoms. The van der Waals surface area contributed by atoms with Crippen molar-refractivity contribution >= 4 is 12.0 Å². The van der Waals surface area contributed by atoms with Gasteiger partial charge in [-0.1, -0.05) is 17.7 Å². The Morgan fingerprint density at radius 1 is 1.15 bits per heavy atom. The van der Waals surface area contributed by atoms with Crippen LogP contribution in [-0.4, -0.2) is 19.7 Å². The highest BCUT2D eigenvalue weighted by atomic mass is 16.5. The number of hydrogen-bond acceptors (Lipinski definition) is 5. The second-order valence-electron chi connectivity index (χ2n) is 5.99. The first-order valence-corrected chi connectivity index (χ1v) is 8.64. The second-order valence-corrected chi connectivity index (χ2v) is 5.99. The van der Waals surface area contributed by atoms with E-state index in [1.54, 1.807) is 20.1 Å². The van der Waals surface area contributed by atoms with E-state index in [1.807, 2.05) is 56.3 Å². The summed E-state index contributed by atoms with van der Waals surface area (Å²) in [5, 5.41) is 9.25. The standard InChI is InChI=1S/C22H23NO4/c1-5-26-22(24)18(13-23)12-17-10-15(2)11-19(16(17)3)14-27-21-8-6-20(25-4)7-9-21/h6-12H,5,14H2,1-4H3/b18-12+. The lowest BCUT2D eigenvalue weighted by Crippen LogP contribution is -2.06. The summed E-state index contributed by atoms with van der Waals surface area (Å²) in [6.07, 6.45) is 1.57. The molecule has 5 nitrogen and oxygen atoms in total. The summed E-state index contributed by atoms with van der Waals surface area (Å²) < 4.78 is 15.9. The van der Waals surface area contributed by atoms with Crippen molar-refractivity contribution in [2.75, 3.05) is 13.7 Å². The first kappa shape index (κ1) is 20.1. The average Bonchev–Trinajstić information content (AvgIpc) is 2.67. The average molecular weight is 365 g/mol. The third-order valence-electron chi connectivity index (χ3n) is 4.07. The van der Waals surface area contributed by atoms with Gasteiger partial charge in [-0.15, -0.1) is 0 Å². The molecule has 0 radical (unpaired) electrons. The van der Waals surface area contributed by atoms with Gasteiger partial charge in [0.2, 0.25) is 0 Å². The molecule has 2 aromatic carbocycles. The largest absolute Gasteiger partial charge is 0.497 e. The fourth-order valence-corrected chi connectivity index (χ4v) is 2.60. The number of benzene rings is 2. The van der Waals surface area contributed by atoms with Gasteiger partial charge in [0.1, 0.15) is 29.7 Å². The van der Waals surface area contributed by atoms with Crippen LogP contribution in [0, 0.1) is 25.2 Å². The SMILES string of the molecule is CCOC(=O)/C(C#N)=C/c1cc(C)cc(COc2ccc(OC)cc2)c1C. The Hall–Kier alpha value is -3.26. The van der Waals surface area contributed by atoms with Gasteiger partial charge in [0.15, 0.2) is 0 Å². The molecule has 0 heterocycles. The number of methoxy groups -OCH3 is 1. The Kier molecular flexibility index (Phi) is 7.01. The van der Waals surface area contributed by atoms with Crippen LogP contribution in [0.3, 0.4) is 0 Å². The van der Waals surface area contributed by atoms with Crippen molar-refractivity contribution < 1.29 is 19.0 Å². The lowest BCUT2D eigenvalue weighted by atomic mass is 9.98. The topological polar surface area (TPSA) is 68.6 Å². The fraction of sp³-hybridized carbons (Fsp3) is 0.273. The van der Waals surface area contributed by atoms with E-state index in [2.05, 4.69) is 0 Å². The number of carbonyl (C=O) groups is 1. The van der Waals surface area contributed by atoms with Gasteiger partial charge in [-0.25, -0.2) is 4.79 Å². The van der Waals surface area contributed by atoms with Crippen LogP contribution in [0.2, 0.25) is 0 Å². The van der Waals surface area contributed by atoms with E-state index in [0.717, 1.165) is 33.8 Å². The first-order valence-electron chi connectivity index (χ1n) is 8.64. The molecule has 0 N–H and O–H groups in total. The molecule has 0 unspecified atom stereocenters. The smallest absolute Gasteiger partial charge is 0.348 e. The summed E-state index contributed by atoms with van der Waals surface area (Å²) in [7, 11) is 1.62. The number of nitriles is 1. The fourth-order valence-electron chi connectivity index (χ4n) is 2.60. The normalized spacial score (nSPS) is 10.9. The molecular formula is C22H23NO4. The predicted molar refractivity (Wildman–Crippen MR) is 103 cm³/mol. The van der Waals surface area contributed by atoms with E-state index < -0.39 is 5.97 Å². The van der Waals surface area contributed by atoms with E-state index in [4.69, 9.17) is 14.2 Å². The van der Waals surface area contributed by atoms with Gasteiger partial charge >= 0.3 is 5.97 Å². The number of aryl methyl sites for hydroxylation is 1. The number of carbonyl (C=O) groups excluding carboxylic acids is 1. The van der Waals surface area contributed by atoms with E-state index in [-0.39, 0.29) is 12.2 Å². The van der Waals surface area contributed by atoms with Crippen molar-refractivity contribution in [3.05, 3.63) is 64.2 Å². The molecule has 0 aliphatic heterocycles. The minimum Gasteiger partial charge on any atom is -0.497 e. The highest BCUT2D eigenvalue weighted by molar-refractivity contribution is 5.98. The van der Waals surface area contributed by atoms with Gasteiger partial charge in [0, 0.05) is 0 Å². The van der Waals surface area contributed by atoms with Crippen molar-refractivity contribution in [2.24, 2.45) is 0 Å². The van der Waals surface area contributed by atoms with Crippen LogP contribution < -0.4 is 9.47 Å². The van der Waals surface area contributed by atoms with Crippen LogP contribution in [0.1, 0.15) is 29.2 Å². The zero-order valence-corrected chi connectivity index (χ0v) is 16.0. The molecule has 27 heavy (non-hydrogen) atoms. The molecule has 0 aromatic heterocycles. The predicted octanol–water partition coefficient (Wildman–Crippen LogP) is 4.36. The highest BCUT2D eigenvalue weighted by Gasteiger charge is 2.12. The molecule has 5 heteroatoms. The summed E-state index contributed by atoms with van der Waals surface area (Å²) >= 11 is 0. The van der Waals surface area contributed by atoms with Crippen LogP contribution in [0.5, 0.6) is 11.5 Å². The van der Waals surface area contributed by atoms with Crippen molar-refractivity contribution in [1.82, 2.24) is 0 Å². The summed E-state index contributed by atoms with van der Waals surface area (Å²) in [5.41, 5.74) is 3.73. The van der Waals surface area contributed by atoms with Crippen LogP contribution in [0.15, 0.2) is 42.0 Å². The van der Waals surface area contributed by atoms with Gasteiger partial charge in [0.25, 0.3) is 0 Å². The Morgan fingerprint density at radius 3 is 2.41 bits per heavy atom. The summed E-state index contributed by atoms with van der Waals surface area (Å²) in [4.78, 5) is 11.9. The molecule has 2 aromatic rings. The summed E-state index contributed by atoms with van der Waals surface area (Å²) in [6.45, 7) is 6.22. The Morgan fingerprint density at radius 2 is 1.81 bits per heavy atom. The maximum atomic E-state index is 11.9. The molecule has 2 rings (SSSR count). The number of esters is 1. The quantitative estimate of drug-likeness (QED) is 0.414. The van der Waals surface area contributed by atoms with E-state index >= 15 is 0 Å². The third kappa shape index (κ3) is 5.35. The van der Waals surface area contributed by atoms with Crippen LogP contribution >= 0.6 is 0 Å². The van der Waals surface area contributed by atoms with Crippen molar-refractivity contribution in [1.29, 1.82) is 5.26 Å². The molecule has 0 saturated heterocycles. The summed E-state index contributed by atoms with van der Waals surface area (Å²) in [6, 6.07) is 13.3. The van der Waals surface area contributed by atoms with Crippen LogP contribution in [0.25, 0.3) is 6.08 Å². The Balaban J connectivity index is 2.25. The zero-order valence-electron chi connectivity index (χ0n) is 16.0. The number of nitrogens with zero attached hydrogens (tertiary/aromatic N) is 1. The third-order valence-corrected chi connectivity index (χ3v) is 4.07. The van der Waals surface area contributed by atoms with Crippen molar-refractivity contribution in [3.8, 4) is 17.6 Å². The van der Waals surface area contributed by atoms with Crippen LogP contribution in [-0.2, 0) is 16.1 Å². The van der Waals surface area contributed by atoms with Gasteiger partial charge < -0.3 is 14.2 Å². The van der Waals surface area contributed by atoms with Crippen molar-refractivity contribution in [3.63, 3.8) is 0 Å². The summed E-state index contributed by atoms with van der Waals surface area (Å²) in [5.74, 6) is 0.888. The van der Waals surface area contributed by atoms with Crippen LogP contribution in [0.4, 0.5) is 0 Å². The van der Waals surface area contributed by atoms with Gasteiger partial charge in [-0.2, -0.15) is 5.26 Å². The maximum Gasteiger partial charge on any atom is 0.348 e. The van der Waals surface area contributed by atoms with E-state index in [0.29, 0.717) is 6.61 Å². The number of ether oxygens (including phenoxy) is 3. The molecule has 0 saturated carbocycles. The molecule has 0 fully saturated rings. The molecule has 0 aliphatic rings. The molecular weight excluding hydrogens is 342 g/mol. The first-order chi connectivity index (χ1) is 13.0. The van der Waals surface area contributed by atoms with Gasteiger partial charge in [-0.05, 0) is 67.8 Å². The molecule has 0 aliphatic carbocycles. The highest BCUT2D eigenvalue weighted by Crippen LogP contribution is 2.23. The molecule has 0 amide bonds. The number of hydrogen-bond donors (Lipinski definition) is 0. The minimum atomic E-state index is -0.614.